The van der Waals surface area contributed by atoms with Gasteiger partial charge in [-0.25, -0.2) is 0 Å². The van der Waals surface area contributed by atoms with Gasteiger partial charge in [0.05, 0.1) is 0 Å². The average Bonchev–Trinajstić information content (AvgIpc) is 3.12. The van der Waals surface area contributed by atoms with Crippen LogP contribution >= 0.6 is 27.7 Å². The Hall–Kier alpha value is -0.740. The molecule has 0 radical (unpaired) electrons. The minimum atomic E-state index is 0.164. The van der Waals surface area contributed by atoms with E-state index in [2.05, 4.69) is 15.9 Å². The molecule has 0 amide bonds. The number of hydrogen-bond donors (Lipinski definition) is 1. The molecule has 90 valence electrons. The molecule has 0 spiro atoms. The maximum atomic E-state index is 11.7. The van der Waals surface area contributed by atoms with E-state index in [-0.39, 0.29) is 11.7 Å². The van der Waals surface area contributed by atoms with E-state index in [1.165, 1.54) is 0 Å². The number of ketones is 1. The van der Waals surface area contributed by atoms with Gasteiger partial charge in [0.25, 0.3) is 0 Å². The highest BCUT2D eigenvalue weighted by atomic mass is 79.9. The lowest BCUT2D eigenvalue weighted by molar-refractivity contribution is -0.115. The summed E-state index contributed by atoms with van der Waals surface area (Å²) in [5.74, 6) is 0.388. The Balaban J connectivity index is 2.28. The second kappa shape index (κ2) is 5.27. The van der Waals surface area contributed by atoms with Crippen LogP contribution in [0.25, 0.3) is 5.70 Å². The molecule has 1 fully saturated rings. The molecule has 2 nitrogen and oxygen atoms in total. The number of thioether (sulfide) groups is 1. The molecule has 0 aromatic heterocycles. The number of hydrogen-bond acceptors (Lipinski definition) is 3. The number of carbonyl (C=O) groups is 1. The molecule has 0 saturated heterocycles. The molecular weight excluding hydrogens is 298 g/mol. The van der Waals surface area contributed by atoms with Crippen LogP contribution in [0, 0.1) is 5.92 Å². The molecule has 1 aliphatic rings. The predicted octanol–water partition coefficient (Wildman–Crippen LogP) is 3.45. The summed E-state index contributed by atoms with van der Waals surface area (Å²) < 4.78 is 1.02. The van der Waals surface area contributed by atoms with E-state index in [1.54, 1.807) is 17.8 Å². The fraction of sp³-hybridized carbons (Fsp3) is 0.308. The van der Waals surface area contributed by atoms with Crippen LogP contribution in [0.4, 0.5) is 0 Å². The molecule has 2 rings (SSSR count). The molecule has 2 N–H and O–H groups in total. The van der Waals surface area contributed by atoms with Crippen molar-refractivity contribution in [1.29, 1.82) is 0 Å². The molecule has 0 aliphatic heterocycles. The van der Waals surface area contributed by atoms with Crippen LogP contribution in [-0.4, -0.2) is 12.0 Å². The third kappa shape index (κ3) is 3.13. The Bertz CT molecular complexity index is 480. The van der Waals surface area contributed by atoms with Crippen LogP contribution in [0.5, 0.6) is 0 Å². The van der Waals surface area contributed by atoms with E-state index in [1.807, 2.05) is 24.5 Å². The first-order chi connectivity index (χ1) is 8.11. The normalized spacial score (nSPS) is 16.0. The Labute approximate surface area is 114 Å². The Kier molecular flexibility index (Phi) is 3.94. The summed E-state index contributed by atoms with van der Waals surface area (Å²) in [5, 5.41) is 0. The maximum Gasteiger partial charge on any atom is 0.160 e. The van der Waals surface area contributed by atoms with Crippen molar-refractivity contribution < 1.29 is 4.79 Å². The van der Waals surface area contributed by atoms with Crippen LogP contribution in [0.2, 0.25) is 0 Å². The smallest absolute Gasteiger partial charge is 0.160 e. The van der Waals surface area contributed by atoms with Crippen molar-refractivity contribution in [2.24, 2.45) is 11.7 Å². The van der Waals surface area contributed by atoms with Crippen LogP contribution in [0.1, 0.15) is 18.4 Å². The monoisotopic (exact) mass is 311 g/mol. The van der Waals surface area contributed by atoms with E-state index in [0.29, 0.717) is 5.70 Å². The van der Waals surface area contributed by atoms with Crippen molar-refractivity contribution in [3.63, 3.8) is 0 Å². The summed E-state index contributed by atoms with van der Waals surface area (Å²) in [6.45, 7) is 0. The number of benzene rings is 1. The number of carbonyl (C=O) groups excluding carboxylic acids is 1. The van der Waals surface area contributed by atoms with Gasteiger partial charge in [0.2, 0.25) is 0 Å². The van der Waals surface area contributed by atoms with Gasteiger partial charge < -0.3 is 5.73 Å². The number of rotatable bonds is 4. The zero-order valence-electron chi connectivity index (χ0n) is 9.57. The summed E-state index contributed by atoms with van der Waals surface area (Å²) >= 11 is 5.06. The van der Waals surface area contributed by atoms with Crippen molar-refractivity contribution in [3.05, 3.63) is 34.3 Å². The first-order valence-corrected chi connectivity index (χ1v) is 7.48. The van der Waals surface area contributed by atoms with Gasteiger partial charge in [0.15, 0.2) is 5.78 Å². The predicted molar refractivity (Wildman–Crippen MR) is 75.8 cm³/mol. The second-order valence-electron chi connectivity index (χ2n) is 4.12. The molecule has 0 atom stereocenters. The van der Waals surface area contributed by atoms with Crippen LogP contribution in [0.15, 0.2) is 33.6 Å². The molecule has 1 aromatic carbocycles. The third-order valence-corrected chi connectivity index (χ3v) is 4.02. The molecular formula is C13H14BrNOS. The van der Waals surface area contributed by atoms with Gasteiger partial charge >= 0.3 is 0 Å². The van der Waals surface area contributed by atoms with Crippen molar-refractivity contribution >= 4 is 39.2 Å². The third-order valence-electron chi connectivity index (χ3n) is 2.75. The summed E-state index contributed by atoms with van der Waals surface area (Å²) in [4.78, 5) is 12.8. The van der Waals surface area contributed by atoms with E-state index >= 15 is 0 Å². The van der Waals surface area contributed by atoms with Crippen LogP contribution in [-0.2, 0) is 4.79 Å². The standard InChI is InChI=1S/C13H14BrNOS/c1-17-13-6-9(14)4-5-10(13)11(15)7-12(16)8-2-3-8/h4-8H,2-3,15H2,1H3. The quantitative estimate of drug-likeness (QED) is 0.684. The number of halogens is 1. The zero-order valence-corrected chi connectivity index (χ0v) is 12.0. The molecule has 1 saturated carbocycles. The van der Waals surface area contributed by atoms with E-state index in [0.717, 1.165) is 27.8 Å². The highest BCUT2D eigenvalue weighted by Crippen LogP contribution is 2.32. The van der Waals surface area contributed by atoms with Crippen molar-refractivity contribution in [2.45, 2.75) is 17.7 Å². The molecule has 4 heteroatoms. The Morgan fingerprint density at radius 1 is 1.53 bits per heavy atom. The summed E-state index contributed by atoms with van der Waals surface area (Å²) in [5.41, 5.74) is 7.51. The first-order valence-electron chi connectivity index (χ1n) is 5.46. The summed E-state index contributed by atoms with van der Waals surface area (Å²) in [6.07, 6.45) is 5.61. The van der Waals surface area contributed by atoms with Gasteiger partial charge in [-0.05, 0) is 31.2 Å². The van der Waals surface area contributed by atoms with Crippen molar-refractivity contribution in [1.82, 2.24) is 0 Å². The van der Waals surface area contributed by atoms with Crippen LogP contribution in [0.3, 0.4) is 0 Å². The highest BCUT2D eigenvalue weighted by Gasteiger charge is 2.28. The van der Waals surface area contributed by atoms with Crippen LogP contribution < -0.4 is 5.73 Å². The Morgan fingerprint density at radius 2 is 2.24 bits per heavy atom. The lowest BCUT2D eigenvalue weighted by atomic mass is 10.1. The van der Waals surface area contributed by atoms with Gasteiger partial charge in [-0.15, -0.1) is 11.8 Å². The SMILES string of the molecule is CSc1cc(Br)ccc1C(N)=CC(=O)C1CC1. The second-order valence-corrected chi connectivity index (χ2v) is 5.88. The van der Waals surface area contributed by atoms with Crippen molar-refractivity contribution in [3.8, 4) is 0 Å². The molecule has 0 bridgehead atoms. The molecule has 17 heavy (non-hydrogen) atoms. The Morgan fingerprint density at radius 3 is 2.82 bits per heavy atom. The maximum absolute atomic E-state index is 11.7. The fourth-order valence-electron chi connectivity index (χ4n) is 1.62. The minimum Gasteiger partial charge on any atom is -0.398 e. The average molecular weight is 312 g/mol. The number of nitrogens with two attached hydrogens (primary N) is 1. The van der Waals surface area contributed by atoms with Gasteiger partial charge in [-0.1, -0.05) is 22.0 Å². The molecule has 0 unspecified atom stereocenters. The molecule has 1 aliphatic carbocycles. The topological polar surface area (TPSA) is 43.1 Å². The lowest BCUT2D eigenvalue weighted by Crippen LogP contribution is -2.04. The highest BCUT2D eigenvalue weighted by molar-refractivity contribution is 9.10. The number of allylic oxidation sites excluding steroid dienone is 1. The zero-order chi connectivity index (χ0) is 12.4. The van der Waals surface area contributed by atoms with Gasteiger partial charge in [0, 0.05) is 32.6 Å². The summed E-state index contributed by atoms with van der Waals surface area (Å²) in [6, 6.07) is 5.90. The van der Waals surface area contributed by atoms with E-state index in [9.17, 15) is 4.79 Å². The van der Waals surface area contributed by atoms with Gasteiger partial charge in [-0.3, -0.25) is 4.79 Å². The van der Waals surface area contributed by atoms with Gasteiger partial charge in [-0.2, -0.15) is 0 Å². The first kappa shape index (κ1) is 12.7. The van der Waals surface area contributed by atoms with Crippen molar-refractivity contribution in [2.75, 3.05) is 6.26 Å². The van der Waals surface area contributed by atoms with E-state index < -0.39 is 0 Å². The lowest BCUT2D eigenvalue weighted by Gasteiger charge is -2.08. The minimum absolute atomic E-state index is 0.164. The summed E-state index contributed by atoms with van der Waals surface area (Å²) in [7, 11) is 0. The molecule has 0 heterocycles. The molecule has 1 aromatic rings. The van der Waals surface area contributed by atoms with E-state index in [4.69, 9.17) is 5.73 Å². The fourth-order valence-corrected chi connectivity index (χ4v) is 2.78. The largest absolute Gasteiger partial charge is 0.398 e. The van der Waals surface area contributed by atoms with Gasteiger partial charge in [0.1, 0.15) is 0 Å².